The lowest BCUT2D eigenvalue weighted by molar-refractivity contribution is -0.118. The summed E-state index contributed by atoms with van der Waals surface area (Å²) in [5.41, 5.74) is 1.20. The van der Waals surface area contributed by atoms with Gasteiger partial charge in [-0.3, -0.25) is 9.69 Å². The lowest BCUT2D eigenvalue weighted by Gasteiger charge is -2.26. The van der Waals surface area contributed by atoms with Crippen LogP contribution in [0.15, 0.2) is 48.1 Å². The Morgan fingerprint density at radius 1 is 1.15 bits per heavy atom. The van der Waals surface area contributed by atoms with E-state index in [1.807, 2.05) is 18.2 Å². The highest BCUT2D eigenvalue weighted by Crippen LogP contribution is 2.20. The summed E-state index contributed by atoms with van der Waals surface area (Å²) >= 11 is 1.43. The van der Waals surface area contributed by atoms with Crippen molar-refractivity contribution in [1.82, 2.24) is 25.0 Å². The Hall–Kier alpha value is -2.12. The van der Waals surface area contributed by atoms with E-state index in [0.717, 1.165) is 30.6 Å². The van der Waals surface area contributed by atoms with Gasteiger partial charge in [0.2, 0.25) is 5.91 Å². The maximum Gasteiger partial charge on any atom is 0.230 e. The molecule has 1 aromatic heterocycles. The molecule has 0 aliphatic carbocycles. The van der Waals surface area contributed by atoms with Crippen LogP contribution in [0.25, 0.3) is 0 Å². The number of nitrogens with one attached hydrogen (secondary N) is 1. The molecule has 3 rings (SSSR count). The van der Waals surface area contributed by atoms with Gasteiger partial charge in [-0.25, -0.2) is 0 Å². The van der Waals surface area contributed by atoms with Crippen molar-refractivity contribution in [3.63, 3.8) is 0 Å². The van der Waals surface area contributed by atoms with Crippen LogP contribution in [0.5, 0.6) is 0 Å². The van der Waals surface area contributed by atoms with Crippen molar-refractivity contribution >= 4 is 17.7 Å². The molecule has 0 radical (unpaired) electrons. The Balaban J connectivity index is 1.72. The van der Waals surface area contributed by atoms with Crippen LogP contribution in [-0.4, -0.2) is 51.0 Å². The molecule has 2 heterocycles. The second kappa shape index (κ2) is 10.3. The van der Waals surface area contributed by atoms with Crippen LogP contribution in [0.1, 0.15) is 30.7 Å². The number of likely N-dealkylation sites (tertiary alicyclic amines) is 1. The SMILES string of the molecule is C=CCNC(=O)CSc1nnc(CN2CCCCC2)n1Cc1ccccc1. The first-order chi connectivity index (χ1) is 13.3. The molecule has 1 fully saturated rings. The number of aromatic nitrogens is 3. The Morgan fingerprint density at radius 2 is 1.93 bits per heavy atom. The average molecular weight is 386 g/mol. The molecule has 0 atom stereocenters. The smallest absolute Gasteiger partial charge is 0.230 e. The standard InChI is InChI=1S/C20H27N5OS/c1-2-11-21-19(26)16-27-20-23-22-18(15-24-12-7-4-8-13-24)25(20)14-17-9-5-3-6-10-17/h2-3,5-6,9-10H,1,4,7-8,11-16H2,(H,21,26). The molecule has 6 nitrogen and oxygen atoms in total. The van der Waals surface area contributed by atoms with Crippen molar-refractivity contribution in [2.45, 2.75) is 37.5 Å². The molecule has 1 N–H and O–H groups in total. The van der Waals surface area contributed by atoms with Gasteiger partial charge in [0.1, 0.15) is 5.82 Å². The van der Waals surface area contributed by atoms with E-state index in [2.05, 4.69) is 43.7 Å². The first-order valence-electron chi connectivity index (χ1n) is 9.45. The number of carbonyl (C=O) groups is 1. The molecule has 7 heteroatoms. The number of hydrogen-bond donors (Lipinski definition) is 1. The van der Waals surface area contributed by atoms with Crippen LogP contribution in [0.2, 0.25) is 0 Å². The van der Waals surface area contributed by atoms with E-state index in [9.17, 15) is 4.79 Å². The third-order valence-corrected chi connectivity index (χ3v) is 5.53. The largest absolute Gasteiger partial charge is 0.352 e. The zero-order valence-corrected chi connectivity index (χ0v) is 16.5. The number of nitrogens with zero attached hydrogens (tertiary/aromatic N) is 4. The fraction of sp³-hybridized carbons (Fsp3) is 0.450. The molecule has 2 aromatic rings. The van der Waals surface area contributed by atoms with Gasteiger partial charge < -0.3 is 9.88 Å². The van der Waals surface area contributed by atoms with E-state index in [1.165, 1.54) is 36.6 Å². The lowest BCUT2D eigenvalue weighted by Crippen LogP contribution is -2.30. The van der Waals surface area contributed by atoms with E-state index in [-0.39, 0.29) is 5.91 Å². The summed E-state index contributed by atoms with van der Waals surface area (Å²) < 4.78 is 2.15. The van der Waals surface area contributed by atoms with Crippen LogP contribution in [0.3, 0.4) is 0 Å². The van der Waals surface area contributed by atoms with E-state index in [4.69, 9.17) is 0 Å². The number of carbonyl (C=O) groups excluding carboxylic acids is 1. The highest BCUT2D eigenvalue weighted by atomic mass is 32.2. The molecule has 1 aliphatic heterocycles. The van der Waals surface area contributed by atoms with Crippen LogP contribution in [0, 0.1) is 0 Å². The minimum Gasteiger partial charge on any atom is -0.352 e. The van der Waals surface area contributed by atoms with Crippen LogP contribution in [0.4, 0.5) is 0 Å². The molecule has 0 saturated carbocycles. The van der Waals surface area contributed by atoms with E-state index < -0.39 is 0 Å². The summed E-state index contributed by atoms with van der Waals surface area (Å²) in [5.74, 6) is 1.27. The van der Waals surface area contributed by atoms with Gasteiger partial charge in [0, 0.05) is 6.54 Å². The number of thioether (sulfide) groups is 1. The van der Waals surface area contributed by atoms with Crippen molar-refractivity contribution in [2.24, 2.45) is 0 Å². The number of amides is 1. The zero-order valence-electron chi connectivity index (χ0n) is 15.6. The second-order valence-corrected chi connectivity index (χ2v) is 7.63. The third-order valence-electron chi connectivity index (χ3n) is 4.57. The second-order valence-electron chi connectivity index (χ2n) is 6.69. The van der Waals surface area contributed by atoms with Gasteiger partial charge in [-0.1, -0.05) is 54.6 Å². The summed E-state index contributed by atoms with van der Waals surface area (Å²) in [6.07, 6.45) is 5.49. The Labute approximate surface area is 165 Å². The predicted molar refractivity (Wildman–Crippen MR) is 109 cm³/mol. The van der Waals surface area contributed by atoms with Gasteiger partial charge >= 0.3 is 0 Å². The Bertz CT molecular complexity index is 740. The monoisotopic (exact) mass is 385 g/mol. The molecule has 0 bridgehead atoms. The van der Waals surface area contributed by atoms with Gasteiger partial charge in [0.25, 0.3) is 0 Å². The van der Waals surface area contributed by atoms with Crippen LogP contribution in [-0.2, 0) is 17.9 Å². The fourth-order valence-electron chi connectivity index (χ4n) is 3.15. The quantitative estimate of drug-likeness (QED) is 0.531. The summed E-state index contributed by atoms with van der Waals surface area (Å²) in [6, 6.07) is 10.3. The van der Waals surface area contributed by atoms with Crippen LogP contribution < -0.4 is 5.32 Å². The van der Waals surface area contributed by atoms with Crippen molar-refractivity contribution in [3.8, 4) is 0 Å². The van der Waals surface area contributed by atoms with Gasteiger partial charge in [0.15, 0.2) is 5.16 Å². The zero-order chi connectivity index (χ0) is 18.9. The molecular weight excluding hydrogens is 358 g/mol. The third kappa shape index (κ3) is 5.94. The van der Waals surface area contributed by atoms with E-state index in [0.29, 0.717) is 18.8 Å². The van der Waals surface area contributed by atoms with E-state index in [1.54, 1.807) is 6.08 Å². The van der Waals surface area contributed by atoms with E-state index >= 15 is 0 Å². The van der Waals surface area contributed by atoms with Gasteiger partial charge in [-0.05, 0) is 31.5 Å². The highest BCUT2D eigenvalue weighted by Gasteiger charge is 2.18. The molecule has 1 aromatic carbocycles. The number of hydrogen-bond acceptors (Lipinski definition) is 5. The van der Waals surface area contributed by atoms with Gasteiger partial charge in [-0.2, -0.15) is 0 Å². The van der Waals surface area contributed by atoms with Crippen LogP contribution >= 0.6 is 11.8 Å². The minimum atomic E-state index is -0.0215. The fourth-order valence-corrected chi connectivity index (χ4v) is 3.94. The Morgan fingerprint density at radius 3 is 2.67 bits per heavy atom. The molecule has 1 aliphatic rings. The number of rotatable bonds is 9. The average Bonchev–Trinajstić information content (AvgIpc) is 3.07. The minimum absolute atomic E-state index is 0.0215. The molecule has 27 heavy (non-hydrogen) atoms. The van der Waals surface area contributed by atoms with Gasteiger partial charge in [-0.15, -0.1) is 16.8 Å². The molecule has 144 valence electrons. The summed E-state index contributed by atoms with van der Waals surface area (Å²) in [4.78, 5) is 14.4. The van der Waals surface area contributed by atoms with Gasteiger partial charge in [0.05, 0.1) is 18.8 Å². The first kappa shape index (κ1) is 19.6. The number of benzene rings is 1. The molecule has 0 spiro atoms. The normalized spacial score (nSPS) is 14.8. The number of piperidine rings is 1. The van der Waals surface area contributed by atoms with Crippen molar-refractivity contribution < 1.29 is 4.79 Å². The summed E-state index contributed by atoms with van der Waals surface area (Å²) in [6.45, 7) is 7.86. The first-order valence-corrected chi connectivity index (χ1v) is 10.4. The molecular formula is C20H27N5OS. The topological polar surface area (TPSA) is 63.1 Å². The van der Waals surface area contributed by atoms with Crippen molar-refractivity contribution in [2.75, 3.05) is 25.4 Å². The summed E-state index contributed by atoms with van der Waals surface area (Å²) in [5, 5.41) is 12.4. The Kier molecular flexibility index (Phi) is 7.47. The lowest BCUT2D eigenvalue weighted by atomic mass is 10.1. The van der Waals surface area contributed by atoms with Crippen molar-refractivity contribution in [1.29, 1.82) is 0 Å². The molecule has 1 amide bonds. The molecule has 1 saturated heterocycles. The molecule has 0 unspecified atom stereocenters. The highest BCUT2D eigenvalue weighted by molar-refractivity contribution is 7.99. The predicted octanol–water partition coefficient (Wildman–Crippen LogP) is 2.71. The maximum absolute atomic E-state index is 11.9. The maximum atomic E-state index is 11.9. The summed E-state index contributed by atoms with van der Waals surface area (Å²) in [7, 11) is 0. The van der Waals surface area contributed by atoms with Crippen molar-refractivity contribution in [3.05, 3.63) is 54.4 Å².